The molecule has 2 heterocycles. The van der Waals surface area contributed by atoms with E-state index in [2.05, 4.69) is 5.32 Å². The van der Waals surface area contributed by atoms with Crippen LogP contribution in [0.25, 0.3) is 0 Å². The van der Waals surface area contributed by atoms with E-state index >= 15 is 0 Å². The SMILES string of the molecule is CC(=O)N[C@@H]1[C@H](O[C@@H]2[C@@H](O)[C@@H](O)O[C@H](CO)[C@H]2O)O[C@H](CO)[C@H](O)[C@@H]1O. The average molecular weight is 383 g/mol. The van der Waals surface area contributed by atoms with Gasteiger partial charge < -0.3 is 55.3 Å². The van der Waals surface area contributed by atoms with Crippen LogP contribution in [0.4, 0.5) is 0 Å². The van der Waals surface area contributed by atoms with E-state index in [1.54, 1.807) is 0 Å². The van der Waals surface area contributed by atoms with Gasteiger partial charge in [-0.3, -0.25) is 4.79 Å². The molecule has 0 spiro atoms. The number of hydrogen-bond donors (Lipinski definition) is 8. The Morgan fingerprint density at radius 2 is 1.50 bits per heavy atom. The molecule has 0 aromatic heterocycles. The van der Waals surface area contributed by atoms with Crippen LogP contribution >= 0.6 is 0 Å². The number of aliphatic hydroxyl groups excluding tert-OH is 7. The Labute approximate surface area is 148 Å². The minimum absolute atomic E-state index is 0.581. The van der Waals surface area contributed by atoms with Gasteiger partial charge in [0, 0.05) is 6.92 Å². The third-order valence-corrected chi connectivity index (χ3v) is 4.38. The monoisotopic (exact) mass is 383 g/mol. The largest absolute Gasteiger partial charge is 0.394 e. The summed E-state index contributed by atoms with van der Waals surface area (Å²) in [4.78, 5) is 11.4. The highest BCUT2D eigenvalue weighted by atomic mass is 16.7. The molecule has 0 unspecified atom stereocenters. The van der Waals surface area contributed by atoms with E-state index < -0.39 is 80.5 Å². The molecule has 26 heavy (non-hydrogen) atoms. The molecule has 0 aromatic carbocycles. The topological polar surface area (TPSA) is 198 Å². The van der Waals surface area contributed by atoms with E-state index in [1.807, 2.05) is 0 Å². The van der Waals surface area contributed by atoms with Crippen molar-refractivity contribution in [2.24, 2.45) is 0 Å². The summed E-state index contributed by atoms with van der Waals surface area (Å²) >= 11 is 0. The van der Waals surface area contributed by atoms with Gasteiger partial charge in [0.25, 0.3) is 0 Å². The molecule has 2 aliphatic heterocycles. The third-order valence-electron chi connectivity index (χ3n) is 4.38. The Morgan fingerprint density at radius 3 is 2.04 bits per heavy atom. The first-order valence-corrected chi connectivity index (χ1v) is 8.06. The van der Waals surface area contributed by atoms with E-state index in [0.29, 0.717) is 0 Å². The summed E-state index contributed by atoms with van der Waals surface area (Å²) in [6.07, 6.45) is -13.7. The fourth-order valence-corrected chi connectivity index (χ4v) is 2.97. The fraction of sp³-hybridized carbons (Fsp3) is 0.929. The predicted octanol–water partition coefficient (Wildman–Crippen LogP) is -5.25. The Morgan fingerprint density at radius 1 is 0.923 bits per heavy atom. The molecule has 2 rings (SSSR count). The normalized spacial score (nSPS) is 46.8. The number of carbonyl (C=O) groups excluding carboxylic acids is 1. The van der Waals surface area contributed by atoms with Crippen LogP contribution in [-0.2, 0) is 19.0 Å². The highest BCUT2D eigenvalue weighted by Crippen LogP contribution is 2.28. The molecule has 12 heteroatoms. The van der Waals surface area contributed by atoms with E-state index in [4.69, 9.17) is 14.2 Å². The molecular formula is C14H25NO11. The zero-order valence-electron chi connectivity index (χ0n) is 14.0. The number of ether oxygens (including phenoxy) is 3. The molecular weight excluding hydrogens is 358 g/mol. The Bertz CT molecular complexity index is 480. The molecule has 0 saturated carbocycles. The van der Waals surface area contributed by atoms with Gasteiger partial charge in [0.15, 0.2) is 12.6 Å². The lowest BCUT2D eigenvalue weighted by molar-refractivity contribution is -0.341. The first kappa shape index (κ1) is 21.4. The van der Waals surface area contributed by atoms with Crippen molar-refractivity contribution in [2.45, 2.75) is 68.3 Å². The van der Waals surface area contributed by atoms with Crippen molar-refractivity contribution in [3.05, 3.63) is 0 Å². The van der Waals surface area contributed by atoms with Crippen LogP contribution in [0.5, 0.6) is 0 Å². The molecule has 8 N–H and O–H groups in total. The van der Waals surface area contributed by atoms with E-state index in [-0.39, 0.29) is 0 Å². The molecule has 0 aliphatic carbocycles. The lowest BCUT2D eigenvalue weighted by Crippen LogP contribution is -2.67. The lowest BCUT2D eigenvalue weighted by atomic mass is 9.95. The summed E-state index contributed by atoms with van der Waals surface area (Å²) in [7, 11) is 0. The van der Waals surface area contributed by atoms with Gasteiger partial charge >= 0.3 is 0 Å². The van der Waals surface area contributed by atoms with Crippen LogP contribution in [0.2, 0.25) is 0 Å². The van der Waals surface area contributed by atoms with Gasteiger partial charge in [0.1, 0.15) is 48.8 Å². The van der Waals surface area contributed by atoms with Crippen LogP contribution in [0.3, 0.4) is 0 Å². The third kappa shape index (κ3) is 4.31. The molecule has 0 bridgehead atoms. The molecule has 2 fully saturated rings. The second kappa shape index (κ2) is 8.84. The molecule has 10 atom stereocenters. The zero-order valence-corrected chi connectivity index (χ0v) is 14.0. The minimum Gasteiger partial charge on any atom is -0.394 e. The first-order valence-electron chi connectivity index (χ1n) is 8.06. The number of nitrogens with one attached hydrogen (secondary N) is 1. The van der Waals surface area contributed by atoms with Crippen LogP contribution < -0.4 is 5.32 Å². The summed E-state index contributed by atoms with van der Waals surface area (Å²) in [6.45, 7) is -0.199. The number of aliphatic hydroxyl groups is 7. The van der Waals surface area contributed by atoms with Gasteiger partial charge in [-0.05, 0) is 0 Å². The molecule has 2 aliphatic rings. The van der Waals surface area contributed by atoms with Crippen molar-refractivity contribution in [2.75, 3.05) is 13.2 Å². The summed E-state index contributed by atoms with van der Waals surface area (Å²) in [5, 5.41) is 70.8. The predicted molar refractivity (Wildman–Crippen MR) is 80.2 cm³/mol. The summed E-state index contributed by atoms with van der Waals surface area (Å²) in [5.41, 5.74) is 0. The first-order chi connectivity index (χ1) is 12.2. The van der Waals surface area contributed by atoms with Gasteiger partial charge in [-0.25, -0.2) is 0 Å². The number of rotatable bonds is 5. The van der Waals surface area contributed by atoms with E-state index in [1.165, 1.54) is 0 Å². The smallest absolute Gasteiger partial charge is 0.217 e. The fourth-order valence-electron chi connectivity index (χ4n) is 2.97. The lowest BCUT2D eigenvalue weighted by Gasteiger charge is -2.46. The average Bonchev–Trinajstić information content (AvgIpc) is 2.60. The maximum Gasteiger partial charge on any atom is 0.217 e. The highest BCUT2D eigenvalue weighted by molar-refractivity contribution is 5.73. The van der Waals surface area contributed by atoms with E-state index in [9.17, 15) is 40.5 Å². The Hall–Kier alpha value is -0.930. The zero-order chi connectivity index (χ0) is 19.6. The quantitative estimate of drug-likeness (QED) is 0.226. The molecule has 2 saturated heterocycles. The molecule has 0 radical (unpaired) electrons. The Balaban J connectivity index is 2.22. The molecule has 152 valence electrons. The maximum absolute atomic E-state index is 11.4. The minimum atomic E-state index is -1.77. The number of hydrogen-bond acceptors (Lipinski definition) is 11. The van der Waals surface area contributed by atoms with Gasteiger partial charge in [-0.2, -0.15) is 0 Å². The van der Waals surface area contributed by atoms with Crippen molar-refractivity contribution < 1.29 is 54.8 Å². The number of carbonyl (C=O) groups is 1. The second-order valence-electron chi connectivity index (χ2n) is 6.26. The number of amides is 1. The van der Waals surface area contributed by atoms with E-state index in [0.717, 1.165) is 6.92 Å². The van der Waals surface area contributed by atoms with Crippen LogP contribution in [0.15, 0.2) is 0 Å². The second-order valence-corrected chi connectivity index (χ2v) is 6.26. The standard InChI is InChI=1S/C14H25NO11/c1-4(18)15-7-10(21)8(19)5(2-16)25-14(7)26-12-9(20)6(3-17)24-13(23)11(12)22/h5-14,16-17,19-23H,2-3H2,1H3,(H,15,18)/t5-,6-,7+,8+,9-,10-,11-,12+,13+,14+/m1/s1. The maximum atomic E-state index is 11.4. The van der Waals surface area contributed by atoms with Crippen LogP contribution in [-0.4, -0.2) is 116 Å². The summed E-state index contributed by atoms with van der Waals surface area (Å²) in [5.74, 6) is -0.581. The van der Waals surface area contributed by atoms with Crippen molar-refractivity contribution in [1.82, 2.24) is 5.32 Å². The Kier molecular flexibility index (Phi) is 7.27. The van der Waals surface area contributed by atoms with Gasteiger partial charge in [-0.15, -0.1) is 0 Å². The van der Waals surface area contributed by atoms with Gasteiger partial charge in [-0.1, -0.05) is 0 Å². The summed E-state index contributed by atoms with van der Waals surface area (Å²) in [6, 6.07) is -1.29. The molecule has 12 nitrogen and oxygen atoms in total. The van der Waals surface area contributed by atoms with Crippen LogP contribution in [0.1, 0.15) is 6.92 Å². The molecule has 1 amide bonds. The van der Waals surface area contributed by atoms with Crippen molar-refractivity contribution in [1.29, 1.82) is 0 Å². The van der Waals surface area contributed by atoms with Crippen molar-refractivity contribution in [3.63, 3.8) is 0 Å². The van der Waals surface area contributed by atoms with Crippen LogP contribution in [0, 0.1) is 0 Å². The van der Waals surface area contributed by atoms with Gasteiger partial charge in [0.05, 0.1) is 13.2 Å². The van der Waals surface area contributed by atoms with Crippen molar-refractivity contribution >= 4 is 5.91 Å². The highest BCUT2D eigenvalue weighted by Gasteiger charge is 2.50. The van der Waals surface area contributed by atoms with Gasteiger partial charge in [0.2, 0.25) is 5.91 Å². The van der Waals surface area contributed by atoms with Crippen molar-refractivity contribution in [3.8, 4) is 0 Å². The summed E-state index contributed by atoms with van der Waals surface area (Å²) < 4.78 is 15.6. The molecule has 0 aromatic rings.